The van der Waals surface area contributed by atoms with Gasteiger partial charge < -0.3 is 10.5 Å². The van der Waals surface area contributed by atoms with E-state index in [1.807, 2.05) is 38.1 Å². The van der Waals surface area contributed by atoms with Gasteiger partial charge in [-0.2, -0.15) is 0 Å². The molecule has 0 radical (unpaired) electrons. The first-order valence-corrected chi connectivity index (χ1v) is 7.14. The van der Waals surface area contributed by atoms with Crippen molar-refractivity contribution in [1.29, 1.82) is 0 Å². The zero-order valence-electron chi connectivity index (χ0n) is 11.8. The second kappa shape index (κ2) is 6.20. The molecule has 1 aliphatic rings. The Hall–Kier alpha value is -1.35. The van der Waals surface area contributed by atoms with Gasteiger partial charge >= 0.3 is 0 Å². The molecular formula is C16H23NO2. The van der Waals surface area contributed by atoms with Crippen LogP contribution in [0.3, 0.4) is 0 Å². The number of hydrogen-bond acceptors (Lipinski definition) is 3. The van der Waals surface area contributed by atoms with E-state index in [0.717, 1.165) is 37.0 Å². The number of benzene rings is 1. The number of rotatable bonds is 4. The Balaban J connectivity index is 2.06. The molecule has 2 unspecified atom stereocenters. The fourth-order valence-electron chi connectivity index (χ4n) is 2.67. The van der Waals surface area contributed by atoms with Crippen LogP contribution in [0, 0.1) is 5.92 Å². The molecule has 0 aromatic heterocycles. The van der Waals surface area contributed by atoms with Gasteiger partial charge in [0.05, 0.1) is 6.10 Å². The summed E-state index contributed by atoms with van der Waals surface area (Å²) >= 11 is 0. The van der Waals surface area contributed by atoms with E-state index in [2.05, 4.69) is 0 Å². The summed E-state index contributed by atoms with van der Waals surface area (Å²) in [7, 11) is 0. The number of carbonyl (C=O) groups excluding carboxylic acids is 1. The Labute approximate surface area is 115 Å². The van der Waals surface area contributed by atoms with E-state index in [1.54, 1.807) is 0 Å². The van der Waals surface area contributed by atoms with Crippen LogP contribution in [0.1, 0.15) is 49.9 Å². The highest BCUT2D eigenvalue weighted by Gasteiger charge is 2.28. The van der Waals surface area contributed by atoms with Crippen molar-refractivity contribution in [3.05, 3.63) is 29.8 Å². The maximum absolute atomic E-state index is 12.4. The van der Waals surface area contributed by atoms with E-state index in [-0.39, 0.29) is 23.8 Å². The summed E-state index contributed by atoms with van der Waals surface area (Å²) < 4.78 is 5.58. The lowest BCUT2D eigenvalue weighted by molar-refractivity contribution is 0.0871. The number of ether oxygens (including phenoxy) is 1. The minimum atomic E-state index is -0.00869. The fraction of sp³-hybridized carbons (Fsp3) is 0.562. The first kappa shape index (κ1) is 14.1. The van der Waals surface area contributed by atoms with Crippen LogP contribution in [0.5, 0.6) is 5.75 Å². The number of Topliss-reactive ketones (excluding diaryl/α,β-unsaturated/α-hetero) is 1. The van der Waals surface area contributed by atoms with E-state index < -0.39 is 0 Å². The Bertz CT molecular complexity index is 425. The first-order chi connectivity index (χ1) is 9.08. The van der Waals surface area contributed by atoms with Gasteiger partial charge in [-0.15, -0.1) is 0 Å². The smallest absolute Gasteiger partial charge is 0.167 e. The van der Waals surface area contributed by atoms with Crippen molar-refractivity contribution in [3.63, 3.8) is 0 Å². The van der Waals surface area contributed by atoms with Gasteiger partial charge in [-0.25, -0.2) is 0 Å². The molecule has 1 fully saturated rings. The third kappa shape index (κ3) is 3.57. The minimum Gasteiger partial charge on any atom is -0.491 e. The normalized spacial score (nSPS) is 23.4. The van der Waals surface area contributed by atoms with Gasteiger partial charge in [-0.05, 0) is 51.0 Å². The summed E-state index contributed by atoms with van der Waals surface area (Å²) in [4.78, 5) is 12.4. The van der Waals surface area contributed by atoms with Crippen molar-refractivity contribution in [1.82, 2.24) is 0 Å². The summed E-state index contributed by atoms with van der Waals surface area (Å²) in [5, 5.41) is 0. The van der Waals surface area contributed by atoms with E-state index in [1.165, 1.54) is 0 Å². The van der Waals surface area contributed by atoms with Crippen molar-refractivity contribution in [2.75, 3.05) is 0 Å². The van der Waals surface area contributed by atoms with Crippen LogP contribution in [0.2, 0.25) is 0 Å². The summed E-state index contributed by atoms with van der Waals surface area (Å²) in [5.74, 6) is 0.980. The quantitative estimate of drug-likeness (QED) is 0.847. The zero-order valence-corrected chi connectivity index (χ0v) is 11.8. The highest BCUT2D eigenvalue weighted by molar-refractivity contribution is 5.98. The second-order valence-corrected chi connectivity index (χ2v) is 5.61. The van der Waals surface area contributed by atoms with Crippen molar-refractivity contribution < 1.29 is 9.53 Å². The Morgan fingerprint density at radius 3 is 2.42 bits per heavy atom. The van der Waals surface area contributed by atoms with Crippen LogP contribution in [0.4, 0.5) is 0 Å². The highest BCUT2D eigenvalue weighted by atomic mass is 16.5. The highest BCUT2D eigenvalue weighted by Crippen LogP contribution is 2.27. The lowest BCUT2D eigenvalue weighted by Crippen LogP contribution is -2.38. The Morgan fingerprint density at radius 1 is 1.21 bits per heavy atom. The lowest BCUT2D eigenvalue weighted by atomic mass is 9.80. The number of ketones is 1. The van der Waals surface area contributed by atoms with E-state index in [9.17, 15) is 4.79 Å². The third-order valence-electron chi connectivity index (χ3n) is 3.67. The van der Waals surface area contributed by atoms with E-state index >= 15 is 0 Å². The van der Waals surface area contributed by atoms with Crippen molar-refractivity contribution in [2.45, 2.75) is 51.7 Å². The van der Waals surface area contributed by atoms with Crippen LogP contribution < -0.4 is 10.5 Å². The molecule has 19 heavy (non-hydrogen) atoms. The SMILES string of the molecule is CC(C)Oc1ccc(C(=O)C2CCCCC2N)cc1. The minimum absolute atomic E-state index is 0.00869. The number of hydrogen-bond donors (Lipinski definition) is 1. The molecule has 3 heteroatoms. The number of carbonyl (C=O) groups is 1. The van der Waals surface area contributed by atoms with Gasteiger partial charge in [0.2, 0.25) is 0 Å². The van der Waals surface area contributed by atoms with Gasteiger partial charge in [0, 0.05) is 17.5 Å². The molecule has 1 aromatic carbocycles. The number of nitrogens with two attached hydrogens (primary N) is 1. The summed E-state index contributed by atoms with van der Waals surface area (Å²) in [6.45, 7) is 3.97. The van der Waals surface area contributed by atoms with Crippen LogP contribution in [0.15, 0.2) is 24.3 Å². The third-order valence-corrected chi connectivity index (χ3v) is 3.67. The van der Waals surface area contributed by atoms with Crippen LogP contribution in [0.25, 0.3) is 0 Å². The van der Waals surface area contributed by atoms with Crippen LogP contribution >= 0.6 is 0 Å². The molecular weight excluding hydrogens is 238 g/mol. The zero-order chi connectivity index (χ0) is 13.8. The standard InChI is InChI=1S/C16H23NO2/c1-11(2)19-13-9-7-12(8-10-13)16(18)14-5-3-4-6-15(14)17/h7-11,14-15H,3-6,17H2,1-2H3. The molecule has 0 amide bonds. The summed E-state index contributed by atoms with van der Waals surface area (Å²) in [6.07, 6.45) is 4.29. The Kier molecular flexibility index (Phi) is 4.59. The molecule has 2 N–H and O–H groups in total. The van der Waals surface area contributed by atoms with Crippen LogP contribution in [-0.4, -0.2) is 17.9 Å². The second-order valence-electron chi connectivity index (χ2n) is 5.61. The summed E-state index contributed by atoms with van der Waals surface area (Å²) in [6, 6.07) is 7.44. The fourth-order valence-corrected chi connectivity index (χ4v) is 2.67. The van der Waals surface area contributed by atoms with Crippen molar-refractivity contribution in [2.24, 2.45) is 11.7 Å². The monoisotopic (exact) mass is 261 g/mol. The molecule has 1 aromatic rings. The van der Waals surface area contributed by atoms with Gasteiger partial charge in [-0.3, -0.25) is 4.79 Å². The average molecular weight is 261 g/mol. The molecule has 1 aliphatic carbocycles. The lowest BCUT2D eigenvalue weighted by Gasteiger charge is -2.27. The van der Waals surface area contributed by atoms with Crippen molar-refractivity contribution in [3.8, 4) is 5.75 Å². The van der Waals surface area contributed by atoms with Crippen molar-refractivity contribution >= 4 is 5.78 Å². The first-order valence-electron chi connectivity index (χ1n) is 7.14. The molecule has 0 aliphatic heterocycles. The van der Waals surface area contributed by atoms with E-state index in [0.29, 0.717) is 0 Å². The molecule has 2 atom stereocenters. The molecule has 2 rings (SSSR count). The summed E-state index contributed by atoms with van der Waals surface area (Å²) in [5.41, 5.74) is 6.82. The van der Waals surface area contributed by atoms with Gasteiger partial charge in [0.15, 0.2) is 5.78 Å². The molecule has 0 saturated heterocycles. The maximum atomic E-state index is 12.4. The van der Waals surface area contributed by atoms with E-state index in [4.69, 9.17) is 10.5 Å². The molecule has 0 heterocycles. The molecule has 0 bridgehead atoms. The van der Waals surface area contributed by atoms with Crippen LogP contribution in [-0.2, 0) is 0 Å². The molecule has 0 spiro atoms. The molecule has 3 nitrogen and oxygen atoms in total. The van der Waals surface area contributed by atoms with Gasteiger partial charge in [0.25, 0.3) is 0 Å². The topological polar surface area (TPSA) is 52.3 Å². The predicted octanol–water partition coefficient (Wildman–Crippen LogP) is 3.17. The van der Waals surface area contributed by atoms with Gasteiger partial charge in [-0.1, -0.05) is 12.8 Å². The molecule has 104 valence electrons. The maximum Gasteiger partial charge on any atom is 0.167 e. The predicted molar refractivity (Wildman–Crippen MR) is 76.5 cm³/mol. The Morgan fingerprint density at radius 2 is 1.84 bits per heavy atom. The average Bonchev–Trinajstić information content (AvgIpc) is 2.39. The van der Waals surface area contributed by atoms with Gasteiger partial charge in [0.1, 0.15) is 5.75 Å². The molecule has 1 saturated carbocycles. The largest absolute Gasteiger partial charge is 0.491 e.